The molecule has 0 aliphatic heterocycles. The Morgan fingerprint density at radius 1 is 0.812 bits per heavy atom. The lowest BCUT2D eigenvalue weighted by Crippen LogP contribution is -2.29. The van der Waals surface area contributed by atoms with E-state index in [9.17, 15) is 9.59 Å². The van der Waals surface area contributed by atoms with Gasteiger partial charge in [-0.05, 0) is 37.5 Å². The normalized spacial score (nSPS) is 12.7. The molecule has 0 spiro atoms. The van der Waals surface area contributed by atoms with Crippen molar-refractivity contribution in [2.75, 3.05) is 5.75 Å². The number of hydrogen-bond acceptors (Lipinski definition) is 4. The number of esters is 1. The van der Waals surface area contributed by atoms with Crippen LogP contribution >= 0.6 is 11.8 Å². The fraction of sp³-hybridized carbons (Fsp3) is 0.286. The number of benzene rings is 3. The third kappa shape index (κ3) is 5.89. The molecule has 1 atom stereocenters. The molecule has 0 amide bonds. The van der Waals surface area contributed by atoms with Crippen molar-refractivity contribution in [3.05, 3.63) is 108 Å². The molecule has 0 bridgehead atoms. The first kappa shape index (κ1) is 23.8. The minimum absolute atomic E-state index is 0.0716. The van der Waals surface area contributed by atoms with E-state index in [2.05, 4.69) is 36.4 Å². The smallest absolute Gasteiger partial charge is 0.307 e. The average molecular weight is 447 g/mol. The van der Waals surface area contributed by atoms with Crippen LogP contribution in [0.3, 0.4) is 0 Å². The van der Waals surface area contributed by atoms with Crippen LogP contribution in [-0.4, -0.2) is 23.6 Å². The van der Waals surface area contributed by atoms with E-state index < -0.39 is 16.3 Å². The van der Waals surface area contributed by atoms with Gasteiger partial charge < -0.3 is 9.53 Å². The molecule has 166 valence electrons. The van der Waals surface area contributed by atoms with Crippen LogP contribution < -0.4 is 0 Å². The van der Waals surface area contributed by atoms with E-state index in [1.165, 1.54) is 0 Å². The second kappa shape index (κ2) is 10.6. The van der Waals surface area contributed by atoms with Gasteiger partial charge in [0.1, 0.15) is 11.9 Å². The highest BCUT2D eigenvalue weighted by atomic mass is 32.2. The van der Waals surface area contributed by atoms with Crippen molar-refractivity contribution < 1.29 is 14.3 Å². The maximum absolute atomic E-state index is 12.4. The van der Waals surface area contributed by atoms with Crippen LogP contribution in [0.5, 0.6) is 0 Å². The van der Waals surface area contributed by atoms with E-state index >= 15 is 0 Å². The lowest BCUT2D eigenvalue weighted by Gasteiger charge is -2.36. The molecule has 3 rings (SSSR count). The molecular formula is C28H30O3S. The standard InChI is InChI=1S/C28H30O3S/c1-27(2,3)31-26(30)19-22(20-29)21-32-28(23-13-7-4-8-14-23,24-15-9-5-10-16-24)25-17-11-6-12-18-25/h4-18,20,22H,19,21H2,1-3H3. The number of ether oxygens (including phenoxy) is 1. The maximum atomic E-state index is 12.4. The van der Waals surface area contributed by atoms with Crippen molar-refractivity contribution in [2.45, 2.75) is 37.5 Å². The van der Waals surface area contributed by atoms with Crippen LogP contribution in [0.1, 0.15) is 43.9 Å². The lowest BCUT2D eigenvalue weighted by atomic mass is 9.84. The fourth-order valence-corrected chi connectivity index (χ4v) is 5.31. The van der Waals surface area contributed by atoms with Gasteiger partial charge in [-0.2, -0.15) is 0 Å². The summed E-state index contributed by atoms with van der Waals surface area (Å²) in [4.78, 5) is 24.3. The third-order valence-electron chi connectivity index (χ3n) is 5.10. The van der Waals surface area contributed by atoms with Crippen molar-refractivity contribution in [3.8, 4) is 0 Å². The summed E-state index contributed by atoms with van der Waals surface area (Å²) in [7, 11) is 0. The summed E-state index contributed by atoms with van der Waals surface area (Å²) in [6, 6.07) is 31.0. The first-order valence-electron chi connectivity index (χ1n) is 10.8. The summed E-state index contributed by atoms with van der Waals surface area (Å²) in [6.07, 6.45) is 0.949. The molecule has 0 aliphatic carbocycles. The van der Waals surface area contributed by atoms with Gasteiger partial charge in [0.05, 0.1) is 11.2 Å². The zero-order valence-corrected chi connectivity index (χ0v) is 19.7. The quantitative estimate of drug-likeness (QED) is 0.221. The van der Waals surface area contributed by atoms with Gasteiger partial charge in [-0.15, -0.1) is 11.8 Å². The lowest BCUT2D eigenvalue weighted by molar-refractivity contribution is -0.156. The number of carbonyl (C=O) groups excluding carboxylic acids is 2. The van der Waals surface area contributed by atoms with E-state index in [0.717, 1.165) is 23.0 Å². The minimum atomic E-state index is -0.570. The Morgan fingerprint density at radius 2 is 1.22 bits per heavy atom. The number of thioether (sulfide) groups is 1. The average Bonchev–Trinajstić information content (AvgIpc) is 2.79. The molecule has 3 aromatic rings. The predicted molar refractivity (Wildman–Crippen MR) is 132 cm³/mol. The maximum Gasteiger partial charge on any atom is 0.307 e. The van der Waals surface area contributed by atoms with Crippen LogP contribution in [0.4, 0.5) is 0 Å². The molecule has 0 radical (unpaired) electrons. The minimum Gasteiger partial charge on any atom is -0.460 e. The Bertz CT molecular complexity index is 898. The highest BCUT2D eigenvalue weighted by Gasteiger charge is 2.37. The molecule has 0 N–H and O–H groups in total. The number of aldehydes is 1. The molecule has 4 heteroatoms. The molecule has 0 saturated carbocycles. The van der Waals surface area contributed by atoms with Gasteiger partial charge in [0.25, 0.3) is 0 Å². The second-order valence-electron chi connectivity index (χ2n) is 8.78. The monoisotopic (exact) mass is 446 g/mol. The Balaban J connectivity index is 1.99. The van der Waals surface area contributed by atoms with Crippen molar-refractivity contribution in [1.82, 2.24) is 0 Å². The molecule has 0 fully saturated rings. The van der Waals surface area contributed by atoms with Crippen LogP contribution in [0, 0.1) is 5.92 Å². The number of hydrogen-bond donors (Lipinski definition) is 0. The van der Waals surface area contributed by atoms with Gasteiger partial charge in [0.15, 0.2) is 0 Å². The molecule has 1 unspecified atom stereocenters. The molecule has 0 aliphatic rings. The second-order valence-corrected chi connectivity index (χ2v) is 10.0. The Labute approximate surface area is 195 Å². The summed E-state index contributed by atoms with van der Waals surface area (Å²) in [5.41, 5.74) is 2.82. The summed E-state index contributed by atoms with van der Waals surface area (Å²) < 4.78 is 4.93. The first-order valence-corrected chi connectivity index (χ1v) is 11.8. The summed E-state index contributed by atoms with van der Waals surface area (Å²) in [5.74, 6) is -0.299. The van der Waals surface area contributed by atoms with Crippen LogP contribution in [0.2, 0.25) is 0 Å². The van der Waals surface area contributed by atoms with Gasteiger partial charge in [0.2, 0.25) is 0 Å². The van der Waals surface area contributed by atoms with Gasteiger partial charge in [-0.1, -0.05) is 91.0 Å². The summed E-state index contributed by atoms with van der Waals surface area (Å²) >= 11 is 1.68. The number of carbonyl (C=O) groups is 2. The zero-order valence-electron chi connectivity index (χ0n) is 18.9. The van der Waals surface area contributed by atoms with Crippen molar-refractivity contribution >= 4 is 24.0 Å². The Morgan fingerprint density at radius 3 is 1.56 bits per heavy atom. The molecule has 0 saturated heterocycles. The van der Waals surface area contributed by atoms with Gasteiger partial charge >= 0.3 is 5.97 Å². The number of rotatable bonds is 9. The zero-order chi connectivity index (χ0) is 23.0. The van der Waals surface area contributed by atoms with E-state index in [0.29, 0.717) is 5.75 Å². The molecule has 0 heterocycles. The van der Waals surface area contributed by atoms with Crippen LogP contribution in [0.15, 0.2) is 91.0 Å². The molecular weight excluding hydrogens is 416 g/mol. The SMILES string of the molecule is CC(C)(C)OC(=O)CC(C=O)CSC(c1ccccc1)(c1ccccc1)c1ccccc1. The van der Waals surface area contributed by atoms with Crippen LogP contribution in [-0.2, 0) is 19.1 Å². The highest BCUT2D eigenvalue weighted by Crippen LogP contribution is 2.49. The van der Waals surface area contributed by atoms with E-state index in [1.807, 2.05) is 75.4 Å². The highest BCUT2D eigenvalue weighted by molar-refractivity contribution is 8.00. The molecule has 3 nitrogen and oxygen atoms in total. The third-order valence-corrected chi connectivity index (χ3v) is 6.83. The molecule has 0 aromatic heterocycles. The van der Waals surface area contributed by atoms with Crippen molar-refractivity contribution in [2.24, 2.45) is 5.92 Å². The van der Waals surface area contributed by atoms with Crippen molar-refractivity contribution in [3.63, 3.8) is 0 Å². The van der Waals surface area contributed by atoms with Crippen molar-refractivity contribution in [1.29, 1.82) is 0 Å². The van der Waals surface area contributed by atoms with E-state index in [1.54, 1.807) is 11.8 Å². The Hall–Kier alpha value is -2.85. The summed E-state index contributed by atoms with van der Waals surface area (Å²) in [5, 5.41) is 0. The molecule has 3 aromatic carbocycles. The summed E-state index contributed by atoms with van der Waals surface area (Å²) in [6.45, 7) is 5.50. The van der Waals surface area contributed by atoms with E-state index in [4.69, 9.17) is 4.74 Å². The van der Waals surface area contributed by atoms with E-state index in [-0.39, 0.29) is 12.4 Å². The van der Waals surface area contributed by atoms with Gasteiger partial charge in [0, 0.05) is 11.7 Å². The fourth-order valence-electron chi connectivity index (χ4n) is 3.74. The van der Waals surface area contributed by atoms with Gasteiger partial charge in [-0.3, -0.25) is 4.79 Å². The van der Waals surface area contributed by atoms with Crippen LogP contribution in [0.25, 0.3) is 0 Å². The predicted octanol–water partition coefficient (Wildman–Crippen LogP) is 6.26. The molecule has 32 heavy (non-hydrogen) atoms. The largest absolute Gasteiger partial charge is 0.460 e. The Kier molecular flexibility index (Phi) is 7.92. The topological polar surface area (TPSA) is 43.4 Å². The van der Waals surface area contributed by atoms with Gasteiger partial charge in [-0.25, -0.2) is 0 Å². The first-order chi connectivity index (χ1) is 15.3.